The molecular formula is C11H15Cl2N3O3S. The highest BCUT2D eigenvalue weighted by molar-refractivity contribution is 7.89. The summed E-state index contributed by atoms with van der Waals surface area (Å²) in [7, 11) is -3.91. The Balaban J connectivity index is 2.90. The number of anilines is 1. The lowest BCUT2D eigenvalue weighted by Crippen LogP contribution is -2.29. The van der Waals surface area contributed by atoms with Gasteiger partial charge in [0.2, 0.25) is 10.0 Å². The molecule has 0 saturated carbocycles. The van der Waals surface area contributed by atoms with Crippen LogP contribution in [0.25, 0.3) is 0 Å². The van der Waals surface area contributed by atoms with Crippen molar-refractivity contribution in [1.82, 2.24) is 5.32 Å². The number of benzene rings is 1. The van der Waals surface area contributed by atoms with Crippen LogP contribution in [-0.2, 0) is 10.0 Å². The first kappa shape index (κ1) is 17.0. The van der Waals surface area contributed by atoms with E-state index in [0.29, 0.717) is 6.54 Å². The Morgan fingerprint density at radius 3 is 2.30 bits per heavy atom. The van der Waals surface area contributed by atoms with E-state index in [-0.39, 0.29) is 20.6 Å². The fraction of sp³-hybridized carbons (Fsp3) is 0.364. The maximum atomic E-state index is 11.6. The lowest BCUT2D eigenvalue weighted by molar-refractivity contribution is 0.252. The van der Waals surface area contributed by atoms with Crippen LogP contribution in [0.15, 0.2) is 17.0 Å². The lowest BCUT2D eigenvalue weighted by Gasteiger charge is -2.11. The van der Waals surface area contributed by atoms with Gasteiger partial charge in [-0.3, -0.25) is 0 Å². The number of amides is 2. The molecule has 20 heavy (non-hydrogen) atoms. The van der Waals surface area contributed by atoms with Crippen molar-refractivity contribution in [3.05, 3.63) is 22.2 Å². The third-order valence-corrected chi connectivity index (χ3v) is 3.89. The number of carbonyl (C=O) groups is 1. The highest BCUT2D eigenvalue weighted by Gasteiger charge is 2.16. The van der Waals surface area contributed by atoms with Gasteiger partial charge in [-0.05, 0) is 18.6 Å². The summed E-state index contributed by atoms with van der Waals surface area (Å²) in [4.78, 5) is 11.4. The minimum Gasteiger partial charge on any atom is -0.338 e. The van der Waals surface area contributed by atoms with E-state index in [9.17, 15) is 13.2 Å². The minimum atomic E-state index is -3.91. The van der Waals surface area contributed by atoms with Crippen LogP contribution in [0.1, 0.15) is 19.8 Å². The van der Waals surface area contributed by atoms with Gasteiger partial charge in [-0.25, -0.2) is 18.4 Å². The predicted molar refractivity (Wildman–Crippen MR) is 79.8 cm³/mol. The summed E-state index contributed by atoms with van der Waals surface area (Å²) >= 11 is 11.8. The molecule has 0 aliphatic heterocycles. The van der Waals surface area contributed by atoms with E-state index in [0.717, 1.165) is 25.0 Å². The number of hydrogen-bond donors (Lipinski definition) is 3. The number of urea groups is 1. The Labute approximate surface area is 127 Å². The molecule has 0 atom stereocenters. The summed E-state index contributed by atoms with van der Waals surface area (Å²) < 4.78 is 22.4. The van der Waals surface area contributed by atoms with Gasteiger partial charge in [-0.2, -0.15) is 0 Å². The van der Waals surface area contributed by atoms with Crippen LogP contribution in [0.5, 0.6) is 0 Å². The molecule has 0 spiro atoms. The summed E-state index contributed by atoms with van der Waals surface area (Å²) in [6, 6.07) is 1.79. The number of carbonyl (C=O) groups excluding carboxylic acids is 1. The average molecular weight is 340 g/mol. The minimum absolute atomic E-state index is 0.00725. The van der Waals surface area contributed by atoms with Gasteiger partial charge in [0, 0.05) is 6.54 Å². The zero-order valence-corrected chi connectivity index (χ0v) is 13.1. The second-order valence-corrected chi connectivity index (χ2v) is 6.42. The zero-order valence-electron chi connectivity index (χ0n) is 10.7. The molecule has 0 radical (unpaired) electrons. The van der Waals surface area contributed by atoms with Gasteiger partial charge in [-0.1, -0.05) is 36.5 Å². The van der Waals surface area contributed by atoms with Gasteiger partial charge >= 0.3 is 6.03 Å². The quantitative estimate of drug-likeness (QED) is 0.718. The number of nitrogens with one attached hydrogen (secondary N) is 2. The number of hydrogen-bond acceptors (Lipinski definition) is 3. The Morgan fingerprint density at radius 1 is 1.30 bits per heavy atom. The van der Waals surface area contributed by atoms with Crippen molar-refractivity contribution in [2.45, 2.75) is 24.7 Å². The molecule has 2 amide bonds. The molecule has 1 rings (SSSR count). The molecule has 9 heteroatoms. The van der Waals surface area contributed by atoms with Crippen LogP contribution < -0.4 is 15.8 Å². The van der Waals surface area contributed by atoms with E-state index in [1.807, 2.05) is 6.92 Å². The zero-order chi connectivity index (χ0) is 15.3. The van der Waals surface area contributed by atoms with Crippen LogP contribution in [0.3, 0.4) is 0 Å². The average Bonchev–Trinajstić information content (AvgIpc) is 2.32. The van der Waals surface area contributed by atoms with Crippen molar-refractivity contribution < 1.29 is 13.2 Å². The number of sulfonamides is 1. The summed E-state index contributed by atoms with van der Waals surface area (Å²) in [5.41, 5.74) is 0.134. The Hall–Kier alpha value is -1.02. The topological polar surface area (TPSA) is 101 Å². The number of rotatable bonds is 5. The first-order chi connectivity index (χ1) is 9.25. The summed E-state index contributed by atoms with van der Waals surface area (Å²) in [5.74, 6) is 0. The number of unbranched alkanes of at least 4 members (excludes halogenated alkanes) is 1. The Kier molecular flexibility index (Phi) is 6.07. The molecule has 0 fully saturated rings. The fourth-order valence-corrected chi connectivity index (χ4v) is 2.65. The maximum Gasteiger partial charge on any atom is 0.319 e. The Bertz CT molecular complexity index is 582. The molecule has 0 aliphatic carbocycles. The normalized spacial score (nSPS) is 11.2. The van der Waals surface area contributed by atoms with Gasteiger partial charge in [0.05, 0.1) is 20.6 Å². The lowest BCUT2D eigenvalue weighted by atomic mass is 10.3. The van der Waals surface area contributed by atoms with Crippen molar-refractivity contribution in [2.75, 3.05) is 11.9 Å². The molecule has 0 saturated heterocycles. The molecule has 0 heterocycles. The second-order valence-electron chi connectivity index (χ2n) is 4.04. The standard InChI is InChI=1S/C11H15Cl2N3O3S/c1-2-3-4-15-11(17)16-10-8(12)5-7(6-9(10)13)20(14,18)19/h5-6H,2-4H2,1H3,(H2,14,18,19)(H2,15,16,17). The SMILES string of the molecule is CCCCNC(=O)Nc1c(Cl)cc(S(N)(=O)=O)cc1Cl. The molecule has 0 bridgehead atoms. The van der Waals surface area contributed by atoms with E-state index >= 15 is 0 Å². The van der Waals surface area contributed by atoms with Gasteiger partial charge in [-0.15, -0.1) is 0 Å². The van der Waals surface area contributed by atoms with Crippen LogP contribution in [-0.4, -0.2) is 21.0 Å². The van der Waals surface area contributed by atoms with E-state index in [1.165, 1.54) is 0 Å². The molecule has 6 nitrogen and oxygen atoms in total. The van der Waals surface area contributed by atoms with Crippen LogP contribution in [0.2, 0.25) is 10.0 Å². The number of nitrogens with two attached hydrogens (primary N) is 1. The molecule has 0 aromatic heterocycles. The van der Waals surface area contributed by atoms with E-state index < -0.39 is 16.1 Å². The molecule has 112 valence electrons. The van der Waals surface area contributed by atoms with Crippen LogP contribution in [0, 0.1) is 0 Å². The van der Waals surface area contributed by atoms with Crippen molar-refractivity contribution in [3.8, 4) is 0 Å². The predicted octanol–water partition coefficient (Wildman–Crippen LogP) is 2.56. The van der Waals surface area contributed by atoms with Crippen LogP contribution >= 0.6 is 23.2 Å². The van der Waals surface area contributed by atoms with E-state index in [2.05, 4.69) is 10.6 Å². The van der Waals surface area contributed by atoms with Crippen molar-refractivity contribution in [1.29, 1.82) is 0 Å². The third-order valence-electron chi connectivity index (χ3n) is 2.40. The van der Waals surface area contributed by atoms with Gasteiger partial charge in [0.25, 0.3) is 0 Å². The number of primary sulfonamides is 1. The Morgan fingerprint density at radius 2 is 1.85 bits per heavy atom. The molecule has 1 aromatic rings. The van der Waals surface area contributed by atoms with Crippen molar-refractivity contribution in [2.24, 2.45) is 5.14 Å². The smallest absolute Gasteiger partial charge is 0.319 e. The van der Waals surface area contributed by atoms with Gasteiger partial charge < -0.3 is 10.6 Å². The highest BCUT2D eigenvalue weighted by atomic mass is 35.5. The van der Waals surface area contributed by atoms with Gasteiger partial charge in [0.15, 0.2) is 0 Å². The fourth-order valence-electron chi connectivity index (χ4n) is 1.37. The summed E-state index contributed by atoms with van der Waals surface area (Å²) in [5, 5.41) is 10.1. The molecule has 0 unspecified atom stereocenters. The van der Waals surface area contributed by atoms with E-state index in [1.54, 1.807) is 0 Å². The van der Waals surface area contributed by atoms with Crippen molar-refractivity contribution >= 4 is 44.9 Å². The molecular weight excluding hydrogens is 325 g/mol. The maximum absolute atomic E-state index is 11.6. The molecule has 4 N–H and O–H groups in total. The molecule has 0 aliphatic rings. The largest absolute Gasteiger partial charge is 0.338 e. The first-order valence-corrected chi connectivity index (χ1v) is 8.12. The second kappa shape index (κ2) is 7.12. The number of halogens is 2. The highest BCUT2D eigenvalue weighted by Crippen LogP contribution is 2.33. The monoisotopic (exact) mass is 339 g/mol. The van der Waals surface area contributed by atoms with Gasteiger partial charge in [0.1, 0.15) is 0 Å². The molecule has 1 aromatic carbocycles. The third kappa shape index (κ3) is 4.82. The van der Waals surface area contributed by atoms with E-state index in [4.69, 9.17) is 28.3 Å². The first-order valence-electron chi connectivity index (χ1n) is 5.82. The summed E-state index contributed by atoms with van der Waals surface area (Å²) in [6.07, 6.45) is 1.80. The summed E-state index contributed by atoms with van der Waals surface area (Å²) in [6.45, 7) is 2.52. The van der Waals surface area contributed by atoms with Crippen LogP contribution in [0.4, 0.5) is 10.5 Å². The van der Waals surface area contributed by atoms with Crippen molar-refractivity contribution in [3.63, 3.8) is 0 Å².